The fourth-order valence-corrected chi connectivity index (χ4v) is 2.90. The molecule has 1 aliphatic heterocycles. The van der Waals surface area contributed by atoms with Gasteiger partial charge >= 0.3 is 0 Å². The summed E-state index contributed by atoms with van der Waals surface area (Å²) in [7, 11) is -3.22. The van der Waals surface area contributed by atoms with Crippen molar-refractivity contribution in [2.45, 2.75) is 51.3 Å². The molecule has 0 amide bonds. The maximum absolute atomic E-state index is 12.0. The minimum atomic E-state index is -3.22. The summed E-state index contributed by atoms with van der Waals surface area (Å²) in [5.74, 6) is 0.457. The van der Waals surface area contributed by atoms with Crippen LogP contribution in [0.15, 0.2) is 0 Å². The summed E-state index contributed by atoms with van der Waals surface area (Å²) >= 11 is 0. The maximum atomic E-state index is 12.0. The second-order valence-corrected chi connectivity index (χ2v) is 8.08. The zero-order valence-corrected chi connectivity index (χ0v) is 11.5. The highest BCUT2D eigenvalue weighted by Crippen LogP contribution is 2.20. The van der Waals surface area contributed by atoms with Crippen molar-refractivity contribution in [3.8, 4) is 0 Å². The van der Waals surface area contributed by atoms with Gasteiger partial charge in [0, 0.05) is 6.04 Å². The molecule has 0 radical (unpaired) electrons. The summed E-state index contributed by atoms with van der Waals surface area (Å²) in [5, 5.41) is 3.29. The number of sulfonamides is 1. The summed E-state index contributed by atoms with van der Waals surface area (Å²) in [6.45, 7) is 9.14. The van der Waals surface area contributed by atoms with Crippen molar-refractivity contribution in [1.29, 1.82) is 0 Å². The van der Waals surface area contributed by atoms with Gasteiger partial charge in [0.1, 0.15) is 0 Å². The van der Waals surface area contributed by atoms with Gasteiger partial charge in [0.2, 0.25) is 10.0 Å². The average molecular weight is 248 g/mol. The summed E-state index contributed by atoms with van der Waals surface area (Å²) < 4.78 is 26.0. The molecule has 0 aromatic heterocycles. The molecule has 0 aliphatic carbocycles. The lowest BCUT2D eigenvalue weighted by molar-refractivity contribution is 0.314. The van der Waals surface area contributed by atoms with E-state index in [1.807, 2.05) is 6.92 Å². The highest BCUT2D eigenvalue weighted by molar-refractivity contribution is 7.90. The van der Waals surface area contributed by atoms with Crippen LogP contribution in [0.5, 0.6) is 0 Å². The molecular formula is C11H24N2O2S. The highest BCUT2D eigenvalue weighted by atomic mass is 32.2. The van der Waals surface area contributed by atoms with Crippen LogP contribution >= 0.6 is 0 Å². The van der Waals surface area contributed by atoms with Crippen molar-refractivity contribution in [2.24, 2.45) is 5.92 Å². The van der Waals surface area contributed by atoms with E-state index in [9.17, 15) is 8.42 Å². The normalized spacial score (nSPS) is 22.0. The Kier molecular flexibility index (Phi) is 4.37. The van der Waals surface area contributed by atoms with E-state index in [4.69, 9.17) is 0 Å². The first-order chi connectivity index (χ1) is 7.24. The Labute approximate surface area is 99.2 Å². The summed E-state index contributed by atoms with van der Waals surface area (Å²) in [6, 6.07) is 0.0336. The molecule has 0 spiro atoms. The zero-order valence-electron chi connectivity index (χ0n) is 10.7. The Morgan fingerprint density at radius 2 is 1.75 bits per heavy atom. The van der Waals surface area contributed by atoms with Crippen molar-refractivity contribution >= 4 is 10.0 Å². The fraction of sp³-hybridized carbons (Fsp3) is 1.00. The number of hydrogen-bond acceptors (Lipinski definition) is 3. The molecule has 2 N–H and O–H groups in total. The summed E-state index contributed by atoms with van der Waals surface area (Å²) in [5.41, 5.74) is 0. The molecule has 1 fully saturated rings. The monoisotopic (exact) mass is 248 g/mol. The van der Waals surface area contributed by atoms with Gasteiger partial charge in [-0.3, -0.25) is 0 Å². The SMILES string of the molecule is CC(NS(=O)(=O)C(C)(C)C)C1CCNCC1. The van der Waals surface area contributed by atoms with Gasteiger partial charge in [-0.25, -0.2) is 13.1 Å². The Hall–Kier alpha value is -0.130. The van der Waals surface area contributed by atoms with Crippen molar-refractivity contribution in [3.63, 3.8) is 0 Å². The minimum Gasteiger partial charge on any atom is -0.317 e. The molecule has 0 aromatic carbocycles. The van der Waals surface area contributed by atoms with Crippen molar-refractivity contribution < 1.29 is 8.42 Å². The van der Waals surface area contributed by atoms with E-state index in [0.717, 1.165) is 25.9 Å². The lowest BCUT2D eigenvalue weighted by Crippen LogP contribution is -2.48. The van der Waals surface area contributed by atoms with Crippen LogP contribution in [0.4, 0.5) is 0 Å². The van der Waals surface area contributed by atoms with Gasteiger partial charge in [0.15, 0.2) is 0 Å². The third-order valence-corrected chi connectivity index (χ3v) is 5.53. The Morgan fingerprint density at radius 1 is 1.25 bits per heavy atom. The molecule has 16 heavy (non-hydrogen) atoms. The van der Waals surface area contributed by atoms with E-state index >= 15 is 0 Å². The van der Waals surface area contributed by atoms with Crippen LogP contribution in [0, 0.1) is 5.92 Å². The van der Waals surface area contributed by atoms with Gasteiger partial charge in [0.25, 0.3) is 0 Å². The van der Waals surface area contributed by atoms with E-state index in [-0.39, 0.29) is 6.04 Å². The van der Waals surface area contributed by atoms with Crippen LogP contribution in [0.2, 0.25) is 0 Å². The predicted octanol–water partition coefficient (Wildman–Crippen LogP) is 1.09. The minimum absolute atomic E-state index is 0.0336. The second kappa shape index (κ2) is 5.02. The molecule has 1 heterocycles. The molecule has 1 atom stereocenters. The van der Waals surface area contributed by atoms with E-state index in [1.54, 1.807) is 20.8 Å². The number of nitrogens with one attached hydrogen (secondary N) is 2. The van der Waals surface area contributed by atoms with Crippen LogP contribution in [-0.4, -0.2) is 32.3 Å². The zero-order chi connectivity index (χ0) is 12.4. The van der Waals surface area contributed by atoms with Crippen molar-refractivity contribution in [1.82, 2.24) is 10.0 Å². The van der Waals surface area contributed by atoms with Crippen LogP contribution in [0.1, 0.15) is 40.5 Å². The van der Waals surface area contributed by atoms with Crippen LogP contribution < -0.4 is 10.0 Å². The molecule has 96 valence electrons. The Bertz CT molecular complexity index is 313. The fourth-order valence-electron chi connectivity index (χ4n) is 1.86. The van der Waals surface area contributed by atoms with Crippen molar-refractivity contribution in [3.05, 3.63) is 0 Å². The predicted molar refractivity (Wildman–Crippen MR) is 66.9 cm³/mol. The van der Waals surface area contributed by atoms with E-state index in [1.165, 1.54) is 0 Å². The first kappa shape index (κ1) is 13.9. The first-order valence-corrected chi connectivity index (χ1v) is 7.45. The number of rotatable bonds is 3. The number of hydrogen-bond donors (Lipinski definition) is 2. The third kappa shape index (κ3) is 3.43. The molecule has 0 saturated carbocycles. The molecule has 0 bridgehead atoms. The van der Waals surface area contributed by atoms with Gasteiger partial charge in [-0.2, -0.15) is 0 Å². The van der Waals surface area contributed by atoms with Gasteiger partial charge in [-0.05, 0) is 59.5 Å². The molecular weight excluding hydrogens is 224 g/mol. The molecule has 1 rings (SSSR count). The molecule has 1 aliphatic rings. The Balaban J connectivity index is 2.60. The third-order valence-electron chi connectivity index (χ3n) is 3.24. The topological polar surface area (TPSA) is 58.2 Å². The molecule has 5 heteroatoms. The van der Waals surface area contributed by atoms with Gasteiger partial charge in [-0.15, -0.1) is 0 Å². The average Bonchev–Trinajstić information content (AvgIpc) is 2.16. The lowest BCUT2D eigenvalue weighted by Gasteiger charge is -2.31. The van der Waals surface area contributed by atoms with Crippen LogP contribution in [0.25, 0.3) is 0 Å². The van der Waals surface area contributed by atoms with Crippen LogP contribution in [0.3, 0.4) is 0 Å². The standard InChI is InChI=1S/C11H24N2O2S/c1-9(10-5-7-12-8-6-10)13-16(14,15)11(2,3)4/h9-10,12-13H,5-8H2,1-4H3. The smallest absolute Gasteiger partial charge is 0.216 e. The van der Waals surface area contributed by atoms with E-state index in [0.29, 0.717) is 5.92 Å². The van der Waals surface area contributed by atoms with Gasteiger partial charge < -0.3 is 5.32 Å². The van der Waals surface area contributed by atoms with Crippen LogP contribution in [-0.2, 0) is 10.0 Å². The largest absolute Gasteiger partial charge is 0.317 e. The highest BCUT2D eigenvalue weighted by Gasteiger charge is 2.32. The molecule has 4 nitrogen and oxygen atoms in total. The molecule has 1 unspecified atom stereocenters. The lowest BCUT2D eigenvalue weighted by atomic mass is 9.92. The van der Waals surface area contributed by atoms with Gasteiger partial charge in [-0.1, -0.05) is 0 Å². The van der Waals surface area contributed by atoms with E-state index in [2.05, 4.69) is 10.0 Å². The van der Waals surface area contributed by atoms with Gasteiger partial charge in [0.05, 0.1) is 4.75 Å². The molecule has 1 saturated heterocycles. The summed E-state index contributed by atoms with van der Waals surface area (Å²) in [6.07, 6.45) is 2.10. The Morgan fingerprint density at radius 3 is 2.19 bits per heavy atom. The summed E-state index contributed by atoms with van der Waals surface area (Å²) in [4.78, 5) is 0. The van der Waals surface area contributed by atoms with Crippen molar-refractivity contribution in [2.75, 3.05) is 13.1 Å². The number of piperidine rings is 1. The molecule has 0 aromatic rings. The quantitative estimate of drug-likeness (QED) is 0.786. The maximum Gasteiger partial charge on any atom is 0.216 e. The second-order valence-electron chi connectivity index (χ2n) is 5.61. The first-order valence-electron chi connectivity index (χ1n) is 5.96. The van der Waals surface area contributed by atoms with E-state index < -0.39 is 14.8 Å².